The van der Waals surface area contributed by atoms with E-state index in [1.54, 1.807) is 12.1 Å². The Morgan fingerprint density at radius 3 is 2.90 bits per heavy atom. The van der Waals surface area contributed by atoms with Crippen molar-refractivity contribution < 1.29 is 9.53 Å². The molecular formula is C12H15Cl3N2O2S. The summed E-state index contributed by atoms with van der Waals surface area (Å²) in [6.07, 6.45) is 1.33. The zero-order valence-corrected chi connectivity index (χ0v) is 13.7. The van der Waals surface area contributed by atoms with Crippen molar-refractivity contribution in [3.63, 3.8) is 0 Å². The van der Waals surface area contributed by atoms with Crippen LogP contribution in [0.25, 0.3) is 0 Å². The van der Waals surface area contributed by atoms with E-state index in [1.807, 2.05) is 5.38 Å². The number of carbonyl (C=O) groups excluding carboxylic acids is 1. The quantitative estimate of drug-likeness (QED) is 0.629. The molecule has 0 aliphatic carbocycles. The maximum Gasteiger partial charge on any atom is 0.262 e. The number of halogens is 3. The highest BCUT2D eigenvalue weighted by Gasteiger charge is 2.34. The normalized spacial score (nSPS) is 20.9. The molecule has 1 aliphatic rings. The molecule has 0 unspecified atom stereocenters. The molecule has 4 nitrogen and oxygen atoms in total. The van der Waals surface area contributed by atoms with E-state index in [-0.39, 0.29) is 12.0 Å². The maximum atomic E-state index is 12.0. The third kappa shape index (κ3) is 4.76. The van der Waals surface area contributed by atoms with Crippen LogP contribution in [0.2, 0.25) is 0 Å². The Hall–Kier alpha value is -0.0400. The lowest BCUT2D eigenvalue weighted by atomic mass is 10.2. The van der Waals surface area contributed by atoms with Crippen molar-refractivity contribution in [2.75, 3.05) is 13.2 Å². The van der Waals surface area contributed by atoms with Crippen LogP contribution in [0.5, 0.6) is 0 Å². The second-order valence-electron chi connectivity index (χ2n) is 4.47. The predicted molar refractivity (Wildman–Crippen MR) is 82.8 cm³/mol. The topological polar surface area (TPSA) is 50.4 Å². The fourth-order valence-electron chi connectivity index (χ4n) is 1.91. The molecule has 112 valence electrons. The van der Waals surface area contributed by atoms with Gasteiger partial charge in [0.15, 0.2) is 0 Å². The van der Waals surface area contributed by atoms with Gasteiger partial charge in [-0.3, -0.25) is 10.1 Å². The van der Waals surface area contributed by atoms with Gasteiger partial charge in [0.2, 0.25) is 3.79 Å². The molecular weight excluding hydrogens is 343 g/mol. The second kappa shape index (κ2) is 7.29. The van der Waals surface area contributed by atoms with E-state index in [4.69, 9.17) is 39.5 Å². The first-order valence-corrected chi connectivity index (χ1v) is 8.24. The third-order valence-corrected chi connectivity index (χ3v) is 4.44. The van der Waals surface area contributed by atoms with Gasteiger partial charge in [0, 0.05) is 13.2 Å². The molecule has 0 aromatic carbocycles. The highest BCUT2D eigenvalue weighted by atomic mass is 35.6. The molecule has 1 fully saturated rings. The van der Waals surface area contributed by atoms with Crippen molar-refractivity contribution >= 4 is 52.0 Å². The first-order valence-electron chi connectivity index (χ1n) is 6.23. The van der Waals surface area contributed by atoms with Crippen molar-refractivity contribution in [3.05, 3.63) is 22.4 Å². The van der Waals surface area contributed by atoms with Gasteiger partial charge in [0.1, 0.15) is 6.17 Å². The lowest BCUT2D eigenvalue weighted by Gasteiger charge is -2.27. The molecule has 8 heteroatoms. The lowest BCUT2D eigenvalue weighted by Crippen LogP contribution is -2.54. The number of nitrogens with one attached hydrogen (secondary N) is 2. The average Bonchev–Trinajstić information content (AvgIpc) is 3.04. The summed E-state index contributed by atoms with van der Waals surface area (Å²) in [5.41, 5.74) is 0. The summed E-state index contributed by atoms with van der Waals surface area (Å²) in [5, 5.41) is 7.56. The minimum atomic E-state index is -1.63. The van der Waals surface area contributed by atoms with E-state index in [0.29, 0.717) is 11.4 Å². The number of hydrogen-bond acceptors (Lipinski definition) is 4. The van der Waals surface area contributed by atoms with Crippen LogP contribution in [-0.4, -0.2) is 35.1 Å². The molecule has 0 saturated carbocycles. The van der Waals surface area contributed by atoms with Gasteiger partial charge in [-0.2, -0.15) is 0 Å². The van der Waals surface area contributed by atoms with Crippen molar-refractivity contribution in [1.29, 1.82) is 0 Å². The van der Waals surface area contributed by atoms with Crippen molar-refractivity contribution in [3.8, 4) is 0 Å². The number of rotatable bonds is 5. The van der Waals surface area contributed by atoms with Crippen molar-refractivity contribution in [2.45, 2.75) is 28.9 Å². The number of hydrogen-bond donors (Lipinski definition) is 2. The number of alkyl halides is 3. The molecule has 2 rings (SSSR count). The zero-order chi connectivity index (χ0) is 14.6. The van der Waals surface area contributed by atoms with Crippen LogP contribution in [-0.2, 0) is 4.74 Å². The molecule has 1 saturated heterocycles. The van der Waals surface area contributed by atoms with Gasteiger partial charge in [-0.1, -0.05) is 40.9 Å². The van der Waals surface area contributed by atoms with Crippen LogP contribution < -0.4 is 10.6 Å². The average molecular weight is 358 g/mol. The van der Waals surface area contributed by atoms with Gasteiger partial charge in [-0.15, -0.1) is 11.3 Å². The summed E-state index contributed by atoms with van der Waals surface area (Å²) in [4.78, 5) is 12.6. The van der Waals surface area contributed by atoms with Gasteiger partial charge in [-0.05, 0) is 24.3 Å². The van der Waals surface area contributed by atoms with Gasteiger partial charge in [0.25, 0.3) is 5.91 Å². The second-order valence-corrected chi connectivity index (χ2v) is 7.79. The fraction of sp³-hybridized carbons (Fsp3) is 0.583. The van der Waals surface area contributed by atoms with Crippen molar-refractivity contribution in [1.82, 2.24) is 10.6 Å². The van der Waals surface area contributed by atoms with E-state index < -0.39 is 9.96 Å². The van der Waals surface area contributed by atoms with Crippen LogP contribution in [0.4, 0.5) is 0 Å². The largest absolute Gasteiger partial charge is 0.377 e. The van der Waals surface area contributed by atoms with Gasteiger partial charge in [0.05, 0.1) is 11.0 Å². The highest BCUT2D eigenvalue weighted by Crippen LogP contribution is 2.29. The Morgan fingerprint density at radius 2 is 2.35 bits per heavy atom. The molecule has 20 heavy (non-hydrogen) atoms. The summed E-state index contributed by atoms with van der Waals surface area (Å²) < 4.78 is 3.86. The summed E-state index contributed by atoms with van der Waals surface area (Å²) >= 11 is 19.1. The number of amides is 1. The first-order chi connectivity index (χ1) is 9.47. The molecule has 1 aromatic heterocycles. The van der Waals surface area contributed by atoms with Crippen LogP contribution in [0.1, 0.15) is 22.5 Å². The van der Waals surface area contributed by atoms with Crippen LogP contribution in [0, 0.1) is 0 Å². The fourth-order valence-corrected chi connectivity index (χ4v) is 2.94. The number of carbonyl (C=O) groups is 1. The third-order valence-electron chi connectivity index (χ3n) is 2.92. The number of ether oxygens (including phenoxy) is 1. The van der Waals surface area contributed by atoms with E-state index in [0.717, 1.165) is 19.4 Å². The highest BCUT2D eigenvalue weighted by molar-refractivity contribution is 7.12. The van der Waals surface area contributed by atoms with Gasteiger partial charge >= 0.3 is 0 Å². The Labute approximate surface area is 136 Å². The zero-order valence-electron chi connectivity index (χ0n) is 10.6. The van der Waals surface area contributed by atoms with Crippen LogP contribution >= 0.6 is 46.1 Å². The maximum absolute atomic E-state index is 12.0. The summed E-state index contributed by atoms with van der Waals surface area (Å²) in [7, 11) is 0. The lowest BCUT2D eigenvalue weighted by molar-refractivity contribution is 0.0900. The molecule has 1 aromatic rings. The molecule has 0 radical (unpaired) electrons. The monoisotopic (exact) mass is 356 g/mol. The molecule has 2 N–H and O–H groups in total. The molecule has 0 bridgehead atoms. The number of thiophene rings is 1. The van der Waals surface area contributed by atoms with Gasteiger partial charge < -0.3 is 10.1 Å². The Morgan fingerprint density at radius 1 is 1.55 bits per heavy atom. The van der Waals surface area contributed by atoms with E-state index in [1.165, 1.54) is 11.3 Å². The summed E-state index contributed by atoms with van der Waals surface area (Å²) in [6.45, 7) is 1.29. The van der Waals surface area contributed by atoms with Crippen LogP contribution in [0.3, 0.4) is 0 Å². The molecule has 2 atom stereocenters. The standard InChI is InChI=1S/C12H15Cl3N2O2S/c13-12(14,15)11(16-7-8-3-1-5-19-8)17-10(18)9-4-2-6-20-9/h2,4,6,8,11,16H,1,3,5,7H2,(H,17,18)/t8-,11+/m0/s1. The van der Waals surface area contributed by atoms with E-state index >= 15 is 0 Å². The van der Waals surface area contributed by atoms with E-state index in [9.17, 15) is 4.79 Å². The Balaban J connectivity index is 1.91. The van der Waals surface area contributed by atoms with E-state index in [2.05, 4.69) is 10.6 Å². The van der Waals surface area contributed by atoms with Gasteiger partial charge in [-0.25, -0.2) is 0 Å². The molecule has 0 spiro atoms. The minimum Gasteiger partial charge on any atom is -0.377 e. The van der Waals surface area contributed by atoms with Crippen molar-refractivity contribution in [2.24, 2.45) is 0 Å². The smallest absolute Gasteiger partial charge is 0.262 e. The summed E-state index contributed by atoms with van der Waals surface area (Å²) in [5.74, 6) is -0.267. The Kier molecular flexibility index (Phi) is 5.95. The SMILES string of the molecule is O=C(N[C@@H](NC[C@@H]1CCCO1)C(Cl)(Cl)Cl)c1cccs1. The molecule has 1 aliphatic heterocycles. The summed E-state index contributed by atoms with van der Waals surface area (Å²) in [6, 6.07) is 3.51. The minimum absolute atomic E-state index is 0.100. The molecule has 2 heterocycles. The predicted octanol–water partition coefficient (Wildman–Crippen LogP) is 2.94. The molecule has 1 amide bonds. The Bertz CT molecular complexity index is 430. The van der Waals surface area contributed by atoms with Crippen LogP contribution in [0.15, 0.2) is 17.5 Å². The first kappa shape index (κ1) is 16.3.